The summed E-state index contributed by atoms with van der Waals surface area (Å²) in [5.41, 5.74) is 4.91. The molecular formula is C45H30O. The van der Waals surface area contributed by atoms with Gasteiger partial charge in [0, 0.05) is 21.9 Å². The van der Waals surface area contributed by atoms with Crippen LogP contribution in [0.25, 0.3) is 76.9 Å². The molecule has 0 unspecified atom stereocenters. The fraction of sp³-hybridized carbons (Fsp3) is 0.0222. The highest BCUT2D eigenvalue weighted by molar-refractivity contribution is 6.16. The smallest absolute Gasteiger partial charge is 0.143 e. The van der Waals surface area contributed by atoms with Gasteiger partial charge in [0.15, 0.2) is 0 Å². The second-order valence-electron chi connectivity index (χ2n) is 11.0. The van der Waals surface area contributed by atoms with Gasteiger partial charge in [-0.05, 0) is 67.4 Å². The Hall–Kier alpha value is -5.92. The lowest BCUT2D eigenvalue weighted by Crippen LogP contribution is -1.95. The van der Waals surface area contributed by atoms with E-state index in [-0.39, 0.29) is 38.2 Å². The van der Waals surface area contributed by atoms with Gasteiger partial charge in [-0.1, -0.05) is 163 Å². The second-order valence-corrected chi connectivity index (χ2v) is 11.0. The van der Waals surface area contributed by atoms with Crippen LogP contribution in [0.4, 0.5) is 0 Å². The van der Waals surface area contributed by atoms with Crippen molar-refractivity contribution in [1.29, 1.82) is 0 Å². The molecule has 1 heterocycles. The SMILES string of the molecule is [2H]c1c([2H])c([2H])c(Cc2c3c([2H])c([2H])c([2H])c([2H])c3c(-c3cccc(-c4cccc5c4oc4c(-c6ccccc6)cccc45)c3)c3c([2H])c([2H])c([2H])c([2H])c23)c([2H])c1[2H]. The van der Waals surface area contributed by atoms with Crippen molar-refractivity contribution in [1.82, 2.24) is 0 Å². The summed E-state index contributed by atoms with van der Waals surface area (Å²) in [6.45, 7) is 0. The topological polar surface area (TPSA) is 13.1 Å². The van der Waals surface area contributed by atoms with Crippen molar-refractivity contribution in [2.45, 2.75) is 6.42 Å². The summed E-state index contributed by atoms with van der Waals surface area (Å²) in [6.07, 6.45) is -0.494. The summed E-state index contributed by atoms with van der Waals surface area (Å²) in [4.78, 5) is 0. The van der Waals surface area contributed by atoms with Crippen molar-refractivity contribution >= 4 is 43.5 Å². The molecule has 0 aliphatic heterocycles. The second kappa shape index (κ2) is 10.9. The Morgan fingerprint density at radius 3 is 1.61 bits per heavy atom. The maximum atomic E-state index is 9.29. The number of para-hydroxylation sites is 2. The molecule has 0 spiro atoms. The van der Waals surface area contributed by atoms with Gasteiger partial charge in [-0.15, -0.1) is 0 Å². The van der Waals surface area contributed by atoms with E-state index in [0.717, 1.165) is 27.5 Å². The summed E-state index contributed by atoms with van der Waals surface area (Å²) in [5, 5.41) is 1.53. The molecule has 0 bridgehead atoms. The molecule has 0 aliphatic carbocycles. The molecule has 9 aromatic rings. The van der Waals surface area contributed by atoms with Crippen molar-refractivity contribution in [3.8, 4) is 33.4 Å². The molecular weight excluding hydrogens is 556 g/mol. The summed E-state index contributed by atoms with van der Waals surface area (Å²) >= 11 is 0. The molecule has 0 N–H and O–H groups in total. The third-order valence-corrected chi connectivity index (χ3v) is 8.46. The van der Waals surface area contributed by atoms with E-state index in [1.54, 1.807) is 18.2 Å². The van der Waals surface area contributed by atoms with Gasteiger partial charge in [0.05, 0.1) is 17.8 Å². The van der Waals surface area contributed by atoms with Crippen LogP contribution in [0.1, 0.15) is 28.9 Å². The molecule has 0 amide bonds. The summed E-state index contributed by atoms with van der Waals surface area (Å²) in [7, 11) is 0. The Bertz CT molecular complexity index is 3170. The first kappa shape index (κ1) is 16.4. The van der Waals surface area contributed by atoms with Gasteiger partial charge < -0.3 is 4.42 Å². The molecule has 1 nitrogen and oxygen atoms in total. The van der Waals surface area contributed by atoms with Crippen LogP contribution in [0.3, 0.4) is 0 Å². The zero-order valence-corrected chi connectivity index (χ0v) is 24.3. The highest BCUT2D eigenvalue weighted by Gasteiger charge is 2.18. The van der Waals surface area contributed by atoms with E-state index in [9.17, 15) is 5.48 Å². The van der Waals surface area contributed by atoms with Crippen LogP contribution in [-0.4, -0.2) is 0 Å². The Balaban J connectivity index is 1.38. The van der Waals surface area contributed by atoms with E-state index in [1.807, 2.05) is 72.8 Å². The fourth-order valence-electron chi connectivity index (χ4n) is 6.44. The third-order valence-electron chi connectivity index (χ3n) is 8.46. The number of rotatable bonds is 5. The van der Waals surface area contributed by atoms with E-state index in [1.165, 1.54) is 0 Å². The third kappa shape index (κ3) is 4.32. The largest absolute Gasteiger partial charge is 0.455 e. The van der Waals surface area contributed by atoms with Gasteiger partial charge in [-0.3, -0.25) is 0 Å². The average molecular weight is 600 g/mol. The lowest BCUT2D eigenvalue weighted by molar-refractivity contribution is 0.671. The minimum absolute atomic E-state index is 0.0197. The van der Waals surface area contributed by atoms with Crippen molar-refractivity contribution in [2.24, 2.45) is 0 Å². The molecule has 0 fully saturated rings. The molecule has 8 aromatic carbocycles. The molecule has 9 rings (SSSR count). The van der Waals surface area contributed by atoms with Gasteiger partial charge in [0.25, 0.3) is 0 Å². The number of furan rings is 1. The molecule has 1 heteroatoms. The Morgan fingerprint density at radius 2 is 0.957 bits per heavy atom. The summed E-state index contributed by atoms with van der Waals surface area (Å²) in [5.74, 6) is 0. The molecule has 46 heavy (non-hydrogen) atoms. The number of benzene rings is 8. The van der Waals surface area contributed by atoms with Crippen molar-refractivity contribution < 1.29 is 22.2 Å². The molecule has 1 aromatic heterocycles. The van der Waals surface area contributed by atoms with Crippen LogP contribution in [0.15, 0.2) is 174 Å². The van der Waals surface area contributed by atoms with Crippen LogP contribution < -0.4 is 0 Å². The minimum atomic E-state index is -0.618. The molecule has 0 atom stereocenters. The predicted molar refractivity (Wildman–Crippen MR) is 194 cm³/mol. The first-order valence-electron chi connectivity index (χ1n) is 21.3. The van der Waals surface area contributed by atoms with Crippen LogP contribution in [0.2, 0.25) is 0 Å². The van der Waals surface area contributed by atoms with Gasteiger partial charge >= 0.3 is 0 Å². The first-order valence-corrected chi connectivity index (χ1v) is 14.8. The zero-order chi connectivity index (χ0) is 41.8. The highest BCUT2D eigenvalue weighted by atomic mass is 16.3. The van der Waals surface area contributed by atoms with Gasteiger partial charge in [0.2, 0.25) is 0 Å². The van der Waals surface area contributed by atoms with Gasteiger partial charge in [-0.2, -0.15) is 0 Å². The van der Waals surface area contributed by atoms with E-state index in [2.05, 4.69) is 0 Å². The normalized spacial score (nSPS) is 15.5. The van der Waals surface area contributed by atoms with E-state index >= 15 is 0 Å². The standard InChI is InChI=1S/C45H30O/c1-3-14-30(15-4-1)28-42-36-20-7-9-22-38(36)43(39-23-10-8-21-37(39)42)33-19-11-18-32(29-33)35-25-13-27-41-40-26-12-24-34(44(40)46-45(35)41)31-16-5-2-6-17-31/h1-27,29H,28H2/i1D,3D,4D,7D,8D,9D,10D,14D,15D,20D,21D,22D,23D. The molecule has 0 saturated carbocycles. The predicted octanol–water partition coefficient (Wildman–Crippen LogP) is 12.5. The van der Waals surface area contributed by atoms with E-state index in [4.69, 9.17) is 16.8 Å². The molecule has 0 radical (unpaired) electrons. The van der Waals surface area contributed by atoms with Gasteiger partial charge in [-0.25, -0.2) is 0 Å². The van der Waals surface area contributed by atoms with Crippen molar-refractivity contribution in [2.75, 3.05) is 0 Å². The molecule has 0 aliphatic rings. The Kier molecular flexibility index (Phi) is 3.89. The number of fused-ring (bicyclic) bond motifs is 5. The quantitative estimate of drug-likeness (QED) is 0.179. The van der Waals surface area contributed by atoms with Crippen molar-refractivity contribution in [3.05, 3.63) is 181 Å². The maximum Gasteiger partial charge on any atom is 0.143 e. The van der Waals surface area contributed by atoms with Crippen LogP contribution >= 0.6 is 0 Å². The highest BCUT2D eigenvalue weighted by Crippen LogP contribution is 2.43. The average Bonchev–Trinajstić information content (AvgIpc) is 3.65. The van der Waals surface area contributed by atoms with Crippen LogP contribution in [0, 0.1) is 0 Å². The summed E-state index contributed by atoms with van der Waals surface area (Å²) < 4.78 is 121. The fourth-order valence-corrected chi connectivity index (χ4v) is 6.44. The van der Waals surface area contributed by atoms with E-state index in [0.29, 0.717) is 22.3 Å². The first-order chi connectivity index (χ1) is 28.2. The van der Waals surface area contributed by atoms with E-state index < -0.39 is 85.0 Å². The lowest BCUT2D eigenvalue weighted by Gasteiger charge is -2.18. The Labute approximate surface area is 286 Å². The minimum Gasteiger partial charge on any atom is -0.455 e. The molecule has 0 saturated heterocycles. The maximum absolute atomic E-state index is 9.29. The summed E-state index contributed by atoms with van der Waals surface area (Å²) in [6, 6.07) is 21.6. The zero-order valence-electron chi connectivity index (χ0n) is 37.3. The van der Waals surface area contributed by atoms with Crippen molar-refractivity contribution in [3.63, 3.8) is 0 Å². The number of hydrogen-bond donors (Lipinski definition) is 0. The number of hydrogen-bond acceptors (Lipinski definition) is 1. The molecule has 216 valence electrons. The van der Waals surface area contributed by atoms with Crippen LogP contribution in [0.5, 0.6) is 0 Å². The van der Waals surface area contributed by atoms with Gasteiger partial charge in [0.1, 0.15) is 11.2 Å². The monoisotopic (exact) mass is 599 g/mol. The Morgan fingerprint density at radius 1 is 0.435 bits per heavy atom. The van der Waals surface area contributed by atoms with Crippen LogP contribution in [-0.2, 0) is 6.42 Å². The lowest BCUT2D eigenvalue weighted by atomic mass is 9.85.